The van der Waals surface area contributed by atoms with E-state index in [1.165, 1.54) is 0 Å². The average molecular weight is 320 g/mol. The Labute approximate surface area is 125 Å². The third-order valence-electron chi connectivity index (χ3n) is 3.95. The molecule has 114 valence electrons. The second-order valence-electron chi connectivity index (χ2n) is 5.51. The van der Waals surface area contributed by atoms with Crippen LogP contribution < -0.4 is 4.72 Å². The highest BCUT2D eigenvalue weighted by molar-refractivity contribution is 7.89. The van der Waals surface area contributed by atoms with E-state index in [2.05, 4.69) is 9.82 Å². The van der Waals surface area contributed by atoms with E-state index in [9.17, 15) is 8.42 Å². The third kappa shape index (κ3) is 3.18. The van der Waals surface area contributed by atoms with Crippen LogP contribution in [0.5, 0.6) is 0 Å². The molecule has 20 heavy (non-hydrogen) atoms. The van der Waals surface area contributed by atoms with Crippen LogP contribution in [0.25, 0.3) is 0 Å². The van der Waals surface area contributed by atoms with Gasteiger partial charge in [-0.25, -0.2) is 13.1 Å². The maximum Gasteiger partial charge on any atom is 0.244 e. The van der Waals surface area contributed by atoms with Crippen LogP contribution in [0, 0.1) is 13.8 Å². The summed E-state index contributed by atoms with van der Waals surface area (Å²) in [7, 11) is -1.82. The highest BCUT2D eigenvalue weighted by Crippen LogP contribution is 2.25. The fourth-order valence-electron chi connectivity index (χ4n) is 2.80. The summed E-state index contributed by atoms with van der Waals surface area (Å²) in [4.78, 5) is 0.285. The molecule has 0 aromatic carbocycles. The topological polar surface area (TPSA) is 64.0 Å². The lowest BCUT2D eigenvalue weighted by Gasteiger charge is -2.21. The van der Waals surface area contributed by atoms with Gasteiger partial charge in [0.25, 0.3) is 0 Å². The summed E-state index contributed by atoms with van der Waals surface area (Å²) >= 11 is 6.32. The first kappa shape index (κ1) is 15.8. The van der Waals surface area contributed by atoms with Crippen molar-refractivity contribution in [3.05, 3.63) is 11.4 Å². The number of sulfonamides is 1. The zero-order valence-corrected chi connectivity index (χ0v) is 13.8. The van der Waals surface area contributed by atoms with Crippen LogP contribution in [0.15, 0.2) is 4.90 Å². The molecule has 0 amide bonds. The Morgan fingerprint density at radius 1 is 1.25 bits per heavy atom. The summed E-state index contributed by atoms with van der Waals surface area (Å²) in [6.45, 7) is 3.48. The van der Waals surface area contributed by atoms with Gasteiger partial charge in [-0.15, -0.1) is 11.6 Å². The summed E-state index contributed by atoms with van der Waals surface area (Å²) in [6.07, 6.45) is 4.86. The van der Waals surface area contributed by atoms with E-state index >= 15 is 0 Å². The van der Waals surface area contributed by atoms with Crippen molar-refractivity contribution in [2.45, 2.75) is 62.3 Å². The van der Waals surface area contributed by atoms with Gasteiger partial charge in [0.05, 0.1) is 11.4 Å². The molecule has 1 aliphatic carbocycles. The molecular weight excluding hydrogens is 298 g/mol. The Hall–Kier alpha value is -0.590. The number of nitrogens with one attached hydrogen (secondary N) is 1. The van der Waals surface area contributed by atoms with Gasteiger partial charge in [0.1, 0.15) is 4.90 Å². The van der Waals surface area contributed by atoms with E-state index in [1.807, 2.05) is 0 Å². The molecule has 1 heterocycles. The number of aryl methyl sites for hydroxylation is 2. The van der Waals surface area contributed by atoms with Crippen molar-refractivity contribution in [3.8, 4) is 0 Å². The van der Waals surface area contributed by atoms with Crippen LogP contribution >= 0.6 is 11.6 Å². The van der Waals surface area contributed by atoms with Crippen LogP contribution in [0.4, 0.5) is 0 Å². The third-order valence-corrected chi connectivity index (χ3v) is 6.21. The van der Waals surface area contributed by atoms with Gasteiger partial charge in [-0.3, -0.25) is 4.68 Å². The number of aromatic nitrogens is 2. The van der Waals surface area contributed by atoms with Crippen LogP contribution in [-0.4, -0.2) is 29.6 Å². The van der Waals surface area contributed by atoms with Crippen molar-refractivity contribution < 1.29 is 8.42 Å². The summed E-state index contributed by atoms with van der Waals surface area (Å²) < 4.78 is 29.6. The van der Waals surface area contributed by atoms with Crippen LogP contribution in [0.1, 0.15) is 43.5 Å². The SMILES string of the molecule is Cc1nn(C)c(C)c1S(=O)(=O)NC1CCCCCC1Cl. The van der Waals surface area contributed by atoms with Crippen molar-refractivity contribution in [2.75, 3.05) is 0 Å². The Morgan fingerprint density at radius 2 is 1.90 bits per heavy atom. The number of nitrogens with zero attached hydrogens (tertiary/aromatic N) is 2. The van der Waals surface area contributed by atoms with Crippen LogP contribution in [0.3, 0.4) is 0 Å². The highest BCUT2D eigenvalue weighted by atomic mass is 35.5. The van der Waals surface area contributed by atoms with Crippen LogP contribution in [0.2, 0.25) is 0 Å². The molecule has 1 saturated carbocycles. The zero-order chi connectivity index (χ0) is 14.9. The second kappa shape index (κ2) is 6.03. The quantitative estimate of drug-likeness (QED) is 0.686. The number of hydrogen-bond acceptors (Lipinski definition) is 3. The Bertz CT molecular complexity index is 583. The molecule has 0 radical (unpaired) electrons. The van der Waals surface area contributed by atoms with Gasteiger partial charge in [0.2, 0.25) is 10.0 Å². The smallest absolute Gasteiger partial charge is 0.244 e. The van der Waals surface area contributed by atoms with Gasteiger partial charge in [-0.2, -0.15) is 5.10 Å². The Balaban J connectivity index is 2.26. The molecule has 1 N–H and O–H groups in total. The molecule has 0 spiro atoms. The zero-order valence-electron chi connectivity index (χ0n) is 12.2. The van der Waals surface area contributed by atoms with E-state index < -0.39 is 10.0 Å². The summed E-state index contributed by atoms with van der Waals surface area (Å²) in [6, 6.07) is -0.192. The summed E-state index contributed by atoms with van der Waals surface area (Å²) in [5, 5.41) is 4.04. The van der Waals surface area contributed by atoms with Crippen molar-refractivity contribution in [1.29, 1.82) is 0 Å². The van der Waals surface area contributed by atoms with Gasteiger partial charge >= 0.3 is 0 Å². The molecule has 1 aromatic rings. The maximum atomic E-state index is 12.6. The fourth-order valence-corrected chi connectivity index (χ4v) is 4.96. The predicted molar refractivity (Wildman–Crippen MR) is 79.5 cm³/mol. The monoisotopic (exact) mass is 319 g/mol. The number of hydrogen-bond donors (Lipinski definition) is 1. The summed E-state index contributed by atoms with van der Waals surface area (Å²) in [5.74, 6) is 0. The standard InChI is InChI=1S/C13H22ClN3O2S/c1-9-13(10(2)17(3)15-9)20(18,19)16-12-8-6-4-5-7-11(12)14/h11-12,16H,4-8H2,1-3H3. The maximum absolute atomic E-state index is 12.6. The molecule has 0 aliphatic heterocycles. The van der Waals surface area contributed by atoms with Gasteiger partial charge in [0.15, 0.2) is 0 Å². The normalized spacial score (nSPS) is 24.6. The van der Waals surface area contributed by atoms with Crippen molar-refractivity contribution >= 4 is 21.6 Å². The van der Waals surface area contributed by atoms with E-state index in [0.29, 0.717) is 11.4 Å². The number of rotatable bonds is 3. The Morgan fingerprint density at radius 3 is 2.50 bits per heavy atom. The lowest BCUT2D eigenvalue weighted by atomic mass is 10.1. The molecule has 2 atom stereocenters. The van der Waals surface area contributed by atoms with E-state index in [0.717, 1.165) is 32.1 Å². The highest BCUT2D eigenvalue weighted by Gasteiger charge is 2.30. The lowest BCUT2D eigenvalue weighted by molar-refractivity contribution is 0.513. The molecule has 2 rings (SSSR count). The molecule has 1 aliphatic rings. The minimum atomic E-state index is -3.57. The van der Waals surface area contributed by atoms with Crippen LogP contribution in [-0.2, 0) is 17.1 Å². The van der Waals surface area contributed by atoms with E-state index in [1.54, 1.807) is 25.6 Å². The van der Waals surface area contributed by atoms with Crippen molar-refractivity contribution in [2.24, 2.45) is 7.05 Å². The largest absolute Gasteiger partial charge is 0.271 e. The van der Waals surface area contributed by atoms with E-state index in [4.69, 9.17) is 11.6 Å². The minimum Gasteiger partial charge on any atom is -0.271 e. The van der Waals surface area contributed by atoms with Crippen molar-refractivity contribution in [3.63, 3.8) is 0 Å². The Kier molecular flexibility index (Phi) is 4.76. The lowest BCUT2D eigenvalue weighted by Crippen LogP contribution is -2.40. The molecule has 0 bridgehead atoms. The fraction of sp³-hybridized carbons (Fsp3) is 0.769. The number of alkyl halides is 1. The molecule has 1 fully saturated rings. The molecule has 0 saturated heterocycles. The van der Waals surface area contributed by atoms with Gasteiger partial charge in [0, 0.05) is 18.5 Å². The molecular formula is C13H22ClN3O2S. The summed E-state index contributed by atoms with van der Waals surface area (Å²) in [5.41, 5.74) is 1.17. The minimum absolute atomic E-state index is 0.135. The molecule has 5 nitrogen and oxygen atoms in total. The van der Waals surface area contributed by atoms with E-state index in [-0.39, 0.29) is 16.3 Å². The van der Waals surface area contributed by atoms with Gasteiger partial charge in [-0.1, -0.05) is 19.3 Å². The first-order valence-electron chi connectivity index (χ1n) is 6.99. The molecule has 7 heteroatoms. The predicted octanol–water partition coefficient (Wildman–Crippen LogP) is 2.26. The van der Waals surface area contributed by atoms with Gasteiger partial charge in [-0.05, 0) is 26.7 Å². The average Bonchev–Trinajstić information content (AvgIpc) is 2.50. The first-order chi connectivity index (χ1) is 9.33. The van der Waals surface area contributed by atoms with Gasteiger partial charge < -0.3 is 0 Å². The van der Waals surface area contributed by atoms with Crippen molar-refractivity contribution in [1.82, 2.24) is 14.5 Å². The molecule has 1 aromatic heterocycles. The first-order valence-corrected chi connectivity index (χ1v) is 8.91. The second-order valence-corrected chi connectivity index (χ2v) is 7.72. The number of halogens is 1. The molecule has 2 unspecified atom stereocenters.